The first-order valence-electron chi connectivity index (χ1n) is 8.25. The molecule has 5 nitrogen and oxygen atoms in total. The molecule has 3 aromatic rings. The van der Waals surface area contributed by atoms with Crippen LogP contribution in [0.25, 0.3) is 10.8 Å². The number of rotatable bonds is 3. The first-order valence-corrected chi connectivity index (χ1v) is 9.42. The quantitative estimate of drug-likeness (QED) is 0.432. The second-order valence-electron chi connectivity index (χ2n) is 5.93. The van der Waals surface area contributed by atoms with Gasteiger partial charge in [-0.2, -0.15) is 0 Å². The minimum Gasteiger partial charge on any atom is -0.298 e. The third-order valence-corrected chi connectivity index (χ3v) is 4.54. The van der Waals surface area contributed by atoms with Crippen molar-refractivity contribution in [3.63, 3.8) is 0 Å². The Kier molecular flexibility index (Phi) is 6.46. The zero-order chi connectivity index (χ0) is 20.1. The number of hydrogen-bond acceptors (Lipinski definition) is 3. The lowest BCUT2D eigenvalue weighted by Crippen LogP contribution is -2.48. The van der Waals surface area contributed by atoms with Crippen molar-refractivity contribution in [3.8, 4) is 0 Å². The number of hydrogen-bond donors (Lipinski definition) is 3. The fraction of sp³-hybridized carbons (Fsp3) is 0.0500. The molecule has 28 heavy (non-hydrogen) atoms. The van der Waals surface area contributed by atoms with E-state index in [-0.39, 0.29) is 23.0 Å². The average molecular weight is 432 g/mol. The zero-order valence-electron chi connectivity index (χ0n) is 14.5. The maximum atomic E-state index is 12.2. The zero-order valence-corrected chi connectivity index (χ0v) is 16.8. The van der Waals surface area contributed by atoms with E-state index in [1.165, 1.54) is 18.2 Å². The molecule has 0 saturated carbocycles. The van der Waals surface area contributed by atoms with E-state index >= 15 is 0 Å². The Balaban J connectivity index is 1.55. The Morgan fingerprint density at radius 3 is 2.32 bits per heavy atom. The first kappa shape index (κ1) is 20.1. The highest BCUT2D eigenvalue weighted by molar-refractivity contribution is 7.80. The summed E-state index contributed by atoms with van der Waals surface area (Å²) < 4.78 is 0. The van der Waals surface area contributed by atoms with Crippen molar-refractivity contribution in [1.29, 1.82) is 0 Å². The summed E-state index contributed by atoms with van der Waals surface area (Å²) in [5, 5.41) is 5.13. The van der Waals surface area contributed by atoms with E-state index in [1.807, 2.05) is 42.5 Å². The van der Waals surface area contributed by atoms with Gasteiger partial charge in [0.2, 0.25) is 5.91 Å². The summed E-state index contributed by atoms with van der Waals surface area (Å²) in [5.74, 6) is -0.788. The van der Waals surface area contributed by atoms with Crippen LogP contribution in [0.1, 0.15) is 15.9 Å². The maximum absolute atomic E-state index is 12.2. The van der Waals surface area contributed by atoms with Crippen LogP contribution < -0.4 is 16.2 Å². The molecule has 0 atom stereocenters. The van der Waals surface area contributed by atoms with E-state index in [0.717, 1.165) is 16.3 Å². The Hall–Kier alpha value is -2.67. The van der Waals surface area contributed by atoms with Crippen molar-refractivity contribution >= 4 is 63.1 Å². The molecule has 0 radical (unpaired) electrons. The number of fused-ring (bicyclic) bond motifs is 1. The third-order valence-electron chi connectivity index (χ3n) is 3.90. The van der Waals surface area contributed by atoms with Gasteiger partial charge in [0.05, 0.1) is 6.42 Å². The average Bonchev–Trinajstić information content (AvgIpc) is 2.66. The summed E-state index contributed by atoms with van der Waals surface area (Å²) in [4.78, 5) is 24.4. The van der Waals surface area contributed by atoms with Crippen LogP contribution in [0.5, 0.6) is 0 Å². The number of carbonyl (C=O) groups excluding carboxylic acids is 2. The molecule has 0 spiro atoms. The minimum atomic E-state index is -0.495. The Bertz CT molecular complexity index is 1050. The van der Waals surface area contributed by atoms with Crippen molar-refractivity contribution < 1.29 is 9.59 Å². The molecular formula is C20H15Cl2N3O2S. The van der Waals surface area contributed by atoms with Crippen LogP contribution in [-0.2, 0) is 11.2 Å². The molecule has 0 unspecified atom stereocenters. The predicted octanol–water partition coefficient (Wildman–Crippen LogP) is 4.02. The third kappa shape index (κ3) is 5.19. The fourth-order valence-electron chi connectivity index (χ4n) is 2.68. The Labute approximate surface area is 177 Å². The molecule has 3 rings (SSSR count). The fourth-order valence-corrected chi connectivity index (χ4v) is 3.35. The Morgan fingerprint density at radius 2 is 1.57 bits per heavy atom. The van der Waals surface area contributed by atoms with Crippen LogP contribution in [0.2, 0.25) is 10.0 Å². The van der Waals surface area contributed by atoms with Gasteiger partial charge < -0.3 is 0 Å². The van der Waals surface area contributed by atoms with Crippen LogP contribution in [-0.4, -0.2) is 16.9 Å². The number of amides is 2. The van der Waals surface area contributed by atoms with E-state index in [4.69, 9.17) is 35.4 Å². The van der Waals surface area contributed by atoms with Gasteiger partial charge in [0, 0.05) is 15.6 Å². The number of thiocarbonyl (C=S) groups is 1. The van der Waals surface area contributed by atoms with Crippen LogP contribution >= 0.6 is 35.4 Å². The molecule has 3 N–H and O–H groups in total. The van der Waals surface area contributed by atoms with Crippen molar-refractivity contribution in [3.05, 3.63) is 81.8 Å². The molecule has 0 aliphatic heterocycles. The molecule has 0 aliphatic rings. The topological polar surface area (TPSA) is 70.2 Å². The smallest absolute Gasteiger partial charge is 0.257 e. The van der Waals surface area contributed by atoms with E-state index in [2.05, 4.69) is 16.2 Å². The van der Waals surface area contributed by atoms with E-state index in [9.17, 15) is 9.59 Å². The van der Waals surface area contributed by atoms with E-state index in [1.54, 1.807) is 0 Å². The highest BCUT2D eigenvalue weighted by Crippen LogP contribution is 2.19. The molecular weight excluding hydrogens is 417 g/mol. The standard InChI is InChI=1S/C20H15Cl2N3O2S/c21-15-8-14(9-16(22)11-15)19(27)23-20(28)25-24-18(26)10-13-6-3-5-12-4-1-2-7-17(12)13/h1-9,11H,10H2,(H,24,26)(H2,23,25,27,28). The monoisotopic (exact) mass is 431 g/mol. The van der Waals surface area contributed by atoms with Gasteiger partial charge in [-0.25, -0.2) is 0 Å². The van der Waals surface area contributed by atoms with Gasteiger partial charge in [0.25, 0.3) is 5.91 Å². The number of benzene rings is 3. The van der Waals surface area contributed by atoms with Gasteiger partial charge in [0.1, 0.15) is 0 Å². The van der Waals surface area contributed by atoms with Gasteiger partial charge in [-0.1, -0.05) is 65.7 Å². The molecule has 0 aromatic heterocycles. The molecule has 0 aliphatic carbocycles. The summed E-state index contributed by atoms with van der Waals surface area (Å²) in [6.07, 6.45) is 0.162. The summed E-state index contributed by atoms with van der Waals surface area (Å²) in [7, 11) is 0. The van der Waals surface area contributed by atoms with Crippen LogP contribution in [0.4, 0.5) is 0 Å². The van der Waals surface area contributed by atoms with Gasteiger partial charge >= 0.3 is 0 Å². The van der Waals surface area contributed by atoms with Crippen LogP contribution in [0, 0.1) is 0 Å². The molecule has 8 heteroatoms. The summed E-state index contributed by atoms with van der Waals surface area (Å²) in [6.45, 7) is 0. The van der Waals surface area contributed by atoms with E-state index < -0.39 is 5.91 Å². The number of nitrogens with one attached hydrogen (secondary N) is 3. The lowest BCUT2D eigenvalue weighted by Gasteiger charge is -2.12. The molecule has 0 fully saturated rings. The molecule has 3 aromatic carbocycles. The second-order valence-corrected chi connectivity index (χ2v) is 7.21. The largest absolute Gasteiger partial charge is 0.298 e. The SMILES string of the molecule is O=C(Cc1cccc2ccccc12)NNC(=S)NC(=O)c1cc(Cl)cc(Cl)c1. The number of halogens is 2. The normalized spacial score (nSPS) is 10.4. The lowest BCUT2D eigenvalue weighted by atomic mass is 10.0. The summed E-state index contributed by atoms with van der Waals surface area (Å²) in [5.41, 5.74) is 6.14. The Morgan fingerprint density at radius 1 is 0.893 bits per heavy atom. The van der Waals surface area contributed by atoms with Crippen molar-refractivity contribution in [2.75, 3.05) is 0 Å². The van der Waals surface area contributed by atoms with Gasteiger partial charge in [-0.3, -0.25) is 25.8 Å². The molecule has 0 heterocycles. The van der Waals surface area contributed by atoms with Crippen LogP contribution in [0.15, 0.2) is 60.7 Å². The summed E-state index contributed by atoms with van der Waals surface area (Å²) >= 11 is 16.8. The van der Waals surface area contributed by atoms with Crippen molar-refractivity contribution in [2.24, 2.45) is 0 Å². The molecule has 142 valence electrons. The van der Waals surface area contributed by atoms with Crippen molar-refractivity contribution in [1.82, 2.24) is 16.2 Å². The van der Waals surface area contributed by atoms with Gasteiger partial charge in [-0.15, -0.1) is 0 Å². The summed E-state index contributed by atoms with van der Waals surface area (Å²) in [6, 6.07) is 18.1. The molecule has 0 saturated heterocycles. The number of carbonyl (C=O) groups is 2. The number of hydrazine groups is 1. The van der Waals surface area contributed by atoms with Gasteiger partial charge in [-0.05, 0) is 46.8 Å². The maximum Gasteiger partial charge on any atom is 0.257 e. The van der Waals surface area contributed by atoms with E-state index in [0.29, 0.717) is 10.0 Å². The molecule has 2 amide bonds. The predicted molar refractivity (Wildman–Crippen MR) is 115 cm³/mol. The first-order chi connectivity index (χ1) is 13.4. The van der Waals surface area contributed by atoms with Gasteiger partial charge in [0.15, 0.2) is 5.11 Å². The van der Waals surface area contributed by atoms with Crippen molar-refractivity contribution in [2.45, 2.75) is 6.42 Å². The second kappa shape index (κ2) is 9.01. The highest BCUT2D eigenvalue weighted by Gasteiger charge is 2.11. The minimum absolute atomic E-state index is 0.0487. The highest BCUT2D eigenvalue weighted by atomic mass is 35.5. The lowest BCUT2D eigenvalue weighted by molar-refractivity contribution is -0.121. The van der Waals surface area contributed by atoms with Crippen LogP contribution in [0.3, 0.4) is 0 Å². The molecule has 0 bridgehead atoms.